The van der Waals surface area contributed by atoms with Crippen molar-refractivity contribution in [1.82, 2.24) is 5.32 Å². The number of aryl methyl sites for hydroxylation is 1. The van der Waals surface area contributed by atoms with Crippen LogP contribution in [0.25, 0.3) is 0 Å². The van der Waals surface area contributed by atoms with E-state index in [4.69, 9.17) is 11.6 Å². The first-order chi connectivity index (χ1) is 9.83. The van der Waals surface area contributed by atoms with Crippen LogP contribution in [0.2, 0.25) is 5.02 Å². The Balaban J connectivity index is 2.46. The molecular weight excluding hydrogens is 323 g/mol. The van der Waals surface area contributed by atoms with E-state index < -0.39 is 12.4 Å². The zero-order valence-corrected chi connectivity index (χ0v) is 12.9. The van der Waals surface area contributed by atoms with Gasteiger partial charge in [0.15, 0.2) is 0 Å². The van der Waals surface area contributed by atoms with Crippen LogP contribution in [0.3, 0.4) is 0 Å². The van der Waals surface area contributed by atoms with Gasteiger partial charge >= 0.3 is 6.36 Å². The number of alkyl halides is 3. The minimum atomic E-state index is -4.73. The first-order valence-electron chi connectivity index (χ1n) is 6.09. The van der Waals surface area contributed by atoms with Crippen molar-refractivity contribution < 1.29 is 17.9 Å². The van der Waals surface area contributed by atoms with E-state index in [9.17, 15) is 13.2 Å². The maximum absolute atomic E-state index is 12.5. The van der Waals surface area contributed by atoms with Crippen LogP contribution in [0.5, 0.6) is 5.75 Å². The van der Waals surface area contributed by atoms with Gasteiger partial charge in [0.05, 0.1) is 11.1 Å². The number of halogens is 4. The summed E-state index contributed by atoms with van der Waals surface area (Å²) in [6.07, 6.45) is -4.73. The molecule has 0 spiro atoms. The molecule has 1 heterocycles. The van der Waals surface area contributed by atoms with Crippen LogP contribution in [-0.4, -0.2) is 13.4 Å². The Bertz CT molecular complexity index is 627. The molecule has 114 valence electrons. The molecule has 1 aromatic carbocycles. The number of thiophene rings is 1. The van der Waals surface area contributed by atoms with Gasteiger partial charge in [0.1, 0.15) is 5.75 Å². The fourth-order valence-electron chi connectivity index (χ4n) is 2.01. The molecular formula is C14H13ClF3NOS. The van der Waals surface area contributed by atoms with Gasteiger partial charge < -0.3 is 10.1 Å². The molecule has 1 atom stereocenters. The van der Waals surface area contributed by atoms with Crippen molar-refractivity contribution >= 4 is 22.9 Å². The molecule has 1 aromatic heterocycles. The third-order valence-electron chi connectivity index (χ3n) is 2.93. The Labute approximate surface area is 129 Å². The van der Waals surface area contributed by atoms with E-state index >= 15 is 0 Å². The lowest BCUT2D eigenvalue weighted by molar-refractivity contribution is -0.275. The molecule has 1 unspecified atom stereocenters. The summed E-state index contributed by atoms with van der Waals surface area (Å²) in [6.45, 7) is 1.85. The average molecular weight is 336 g/mol. The predicted molar refractivity (Wildman–Crippen MR) is 78.1 cm³/mol. The van der Waals surface area contributed by atoms with Gasteiger partial charge in [-0.05, 0) is 31.0 Å². The van der Waals surface area contributed by atoms with Crippen LogP contribution in [0.4, 0.5) is 13.2 Å². The zero-order valence-electron chi connectivity index (χ0n) is 11.3. The summed E-state index contributed by atoms with van der Waals surface area (Å²) in [4.78, 5) is 0.759. The van der Waals surface area contributed by atoms with Gasteiger partial charge in [-0.15, -0.1) is 24.5 Å². The second kappa shape index (κ2) is 6.25. The minimum absolute atomic E-state index is 0.230. The standard InChI is InChI=1S/C14H13ClF3NOS/c1-8-7-21-13(11(8)15)12(19-2)9-5-3-4-6-10(9)20-14(16,17)18/h3-7,12,19H,1-2H3. The highest BCUT2D eigenvalue weighted by Gasteiger charge is 2.33. The SMILES string of the molecule is CNC(c1ccccc1OC(F)(F)F)c1scc(C)c1Cl. The van der Waals surface area contributed by atoms with Gasteiger partial charge in [-0.3, -0.25) is 0 Å². The van der Waals surface area contributed by atoms with Crippen LogP contribution < -0.4 is 10.1 Å². The molecule has 0 bridgehead atoms. The Morgan fingerprint density at radius 3 is 2.48 bits per heavy atom. The Morgan fingerprint density at radius 1 is 1.29 bits per heavy atom. The molecule has 0 aliphatic heterocycles. The third kappa shape index (κ3) is 3.70. The van der Waals surface area contributed by atoms with Gasteiger partial charge in [0.25, 0.3) is 0 Å². The number of ether oxygens (including phenoxy) is 1. The van der Waals surface area contributed by atoms with Gasteiger partial charge in [-0.1, -0.05) is 29.8 Å². The first-order valence-corrected chi connectivity index (χ1v) is 7.34. The van der Waals surface area contributed by atoms with Crippen LogP contribution >= 0.6 is 22.9 Å². The summed E-state index contributed by atoms with van der Waals surface area (Å²) in [5, 5.41) is 5.42. The molecule has 0 saturated heterocycles. The van der Waals surface area contributed by atoms with E-state index in [1.807, 2.05) is 12.3 Å². The molecule has 2 rings (SSSR count). The maximum atomic E-state index is 12.5. The average Bonchev–Trinajstić information content (AvgIpc) is 2.72. The summed E-state index contributed by atoms with van der Waals surface area (Å²) < 4.78 is 41.6. The van der Waals surface area contributed by atoms with Crippen LogP contribution in [0.15, 0.2) is 29.6 Å². The highest BCUT2D eigenvalue weighted by Crippen LogP contribution is 2.39. The van der Waals surface area contributed by atoms with Gasteiger partial charge in [0.2, 0.25) is 0 Å². The molecule has 0 amide bonds. The van der Waals surface area contributed by atoms with Crippen molar-refractivity contribution in [3.05, 3.63) is 50.7 Å². The molecule has 2 nitrogen and oxygen atoms in total. The van der Waals surface area contributed by atoms with Crippen LogP contribution in [0, 0.1) is 6.92 Å². The number of rotatable bonds is 4. The zero-order chi connectivity index (χ0) is 15.6. The first kappa shape index (κ1) is 16.1. The van der Waals surface area contributed by atoms with Crippen molar-refractivity contribution in [3.63, 3.8) is 0 Å². The molecule has 0 saturated carbocycles. The quantitative estimate of drug-likeness (QED) is 0.856. The van der Waals surface area contributed by atoms with Crippen molar-refractivity contribution in [2.75, 3.05) is 7.05 Å². The lowest BCUT2D eigenvalue weighted by Crippen LogP contribution is -2.22. The van der Waals surface area contributed by atoms with E-state index in [0.29, 0.717) is 10.6 Å². The third-order valence-corrected chi connectivity index (χ3v) is 4.71. The smallest absolute Gasteiger partial charge is 0.405 e. The number of benzene rings is 1. The molecule has 0 aliphatic carbocycles. The summed E-state index contributed by atoms with van der Waals surface area (Å²) >= 11 is 7.62. The maximum Gasteiger partial charge on any atom is 0.573 e. The van der Waals surface area contributed by atoms with E-state index in [0.717, 1.165) is 10.4 Å². The number of hydrogen-bond acceptors (Lipinski definition) is 3. The number of nitrogens with one attached hydrogen (secondary N) is 1. The monoisotopic (exact) mass is 335 g/mol. The van der Waals surface area contributed by atoms with Crippen LogP contribution in [0.1, 0.15) is 22.0 Å². The Hall–Kier alpha value is -1.24. The summed E-state index contributed by atoms with van der Waals surface area (Å²) in [7, 11) is 1.67. The molecule has 0 radical (unpaired) electrons. The second-order valence-corrected chi connectivity index (χ2v) is 5.69. The molecule has 0 fully saturated rings. The van der Waals surface area contributed by atoms with Crippen molar-refractivity contribution in [2.24, 2.45) is 0 Å². The number of para-hydroxylation sites is 1. The lowest BCUT2D eigenvalue weighted by Gasteiger charge is -2.20. The van der Waals surface area contributed by atoms with Gasteiger partial charge in [-0.25, -0.2) is 0 Å². The highest BCUT2D eigenvalue weighted by atomic mass is 35.5. The number of hydrogen-bond donors (Lipinski definition) is 1. The lowest BCUT2D eigenvalue weighted by atomic mass is 10.0. The van der Waals surface area contributed by atoms with Crippen molar-refractivity contribution in [3.8, 4) is 5.75 Å². The van der Waals surface area contributed by atoms with E-state index in [1.54, 1.807) is 19.2 Å². The topological polar surface area (TPSA) is 21.3 Å². The molecule has 7 heteroatoms. The molecule has 1 N–H and O–H groups in total. The minimum Gasteiger partial charge on any atom is -0.405 e. The summed E-state index contributed by atoms with van der Waals surface area (Å²) in [5.41, 5.74) is 1.28. The Kier molecular flexibility index (Phi) is 4.81. The summed E-state index contributed by atoms with van der Waals surface area (Å²) in [5.74, 6) is -0.230. The van der Waals surface area contributed by atoms with Crippen molar-refractivity contribution in [2.45, 2.75) is 19.3 Å². The van der Waals surface area contributed by atoms with Crippen LogP contribution in [-0.2, 0) is 0 Å². The highest BCUT2D eigenvalue weighted by molar-refractivity contribution is 7.10. The Morgan fingerprint density at radius 2 is 1.95 bits per heavy atom. The summed E-state index contributed by atoms with van der Waals surface area (Å²) in [6, 6.07) is 5.58. The largest absolute Gasteiger partial charge is 0.573 e. The molecule has 21 heavy (non-hydrogen) atoms. The van der Waals surface area contributed by atoms with Crippen molar-refractivity contribution in [1.29, 1.82) is 0 Å². The molecule has 2 aromatic rings. The second-order valence-electron chi connectivity index (χ2n) is 4.40. The van der Waals surface area contributed by atoms with Gasteiger partial charge in [0, 0.05) is 10.4 Å². The van der Waals surface area contributed by atoms with E-state index in [-0.39, 0.29) is 5.75 Å². The molecule has 0 aliphatic rings. The fraction of sp³-hybridized carbons (Fsp3) is 0.286. The normalized spacial score (nSPS) is 13.2. The fourth-order valence-corrected chi connectivity index (χ4v) is 3.44. The van der Waals surface area contributed by atoms with E-state index in [1.165, 1.54) is 23.5 Å². The predicted octanol–water partition coefficient (Wildman–Crippen LogP) is 4.92. The van der Waals surface area contributed by atoms with Gasteiger partial charge in [-0.2, -0.15) is 0 Å². The van der Waals surface area contributed by atoms with E-state index in [2.05, 4.69) is 10.1 Å².